The SMILES string of the molecule is CCC1=Cc2c(CC(CNC(=O)OC(C)(C)C)C(=O)N(Cc3cc(CCCOC)ccc3Cl)C3CC3)cccc2[N+]1(C)C(=O)OC. The zero-order valence-corrected chi connectivity index (χ0v) is 29.0. The second-order valence-electron chi connectivity index (χ2n) is 13.3. The third-order valence-electron chi connectivity index (χ3n) is 8.69. The monoisotopic (exact) mass is 654 g/mol. The van der Waals surface area contributed by atoms with E-state index in [1.165, 1.54) is 7.11 Å². The van der Waals surface area contributed by atoms with Crippen LogP contribution < -0.4 is 9.80 Å². The maximum Gasteiger partial charge on any atom is 0.525 e. The van der Waals surface area contributed by atoms with Crippen LogP contribution in [0.15, 0.2) is 42.1 Å². The molecule has 250 valence electrons. The van der Waals surface area contributed by atoms with Crippen LogP contribution in [0.1, 0.15) is 75.6 Å². The zero-order valence-electron chi connectivity index (χ0n) is 28.3. The molecule has 1 saturated carbocycles. The molecule has 9 nitrogen and oxygen atoms in total. The van der Waals surface area contributed by atoms with Gasteiger partial charge in [0.2, 0.25) is 5.91 Å². The van der Waals surface area contributed by atoms with Gasteiger partial charge in [-0.05, 0) is 75.6 Å². The molecule has 2 unspecified atom stereocenters. The number of aryl methyl sites for hydroxylation is 1. The molecule has 1 heterocycles. The number of alkyl carbamates (subject to hydrolysis) is 1. The predicted molar refractivity (Wildman–Crippen MR) is 181 cm³/mol. The van der Waals surface area contributed by atoms with Gasteiger partial charge in [-0.3, -0.25) is 4.79 Å². The summed E-state index contributed by atoms with van der Waals surface area (Å²) in [6, 6.07) is 12.0. The molecule has 2 aromatic rings. The number of methoxy groups -OCH3 is 2. The molecule has 1 N–H and O–H groups in total. The maximum absolute atomic E-state index is 14.5. The van der Waals surface area contributed by atoms with Crippen molar-refractivity contribution in [3.63, 3.8) is 0 Å². The van der Waals surface area contributed by atoms with Crippen LogP contribution in [0.4, 0.5) is 15.3 Å². The largest absolute Gasteiger partial charge is 0.525 e. The second-order valence-corrected chi connectivity index (χ2v) is 13.7. The van der Waals surface area contributed by atoms with Gasteiger partial charge in [0.15, 0.2) is 5.69 Å². The van der Waals surface area contributed by atoms with E-state index < -0.39 is 17.6 Å². The van der Waals surface area contributed by atoms with Gasteiger partial charge < -0.3 is 24.4 Å². The first-order chi connectivity index (χ1) is 21.8. The summed E-state index contributed by atoms with van der Waals surface area (Å²) in [6.45, 7) is 8.58. The van der Waals surface area contributed by atoms with Crippen molar-refractivity contribution < 1.29 is 28.6 Å². The number of carbonyl (C=O) groups excluding carboxylic acids is 3. The van der Waals surface area contributed by atoms with Gasteiger partial charge in [0, 0.05) is 62.0 Å². The summed E-state index contributed by atoms with van der Waals surface area (Å²) in [5.74, 6) is -0.640. The van der Waals surface area contributed by atoms with Gasteiger partial charge in [0.25, 0.3) is 0 Å². The van der Waals surface area contributed by atoms with Crippen molar-refractivity contribution in [3.05, 3.63) is 69.4 Å². The van der Waals surface area contributed by atoms with E-state index in [0.717, 1.165) is 59.3 Å². The summed E-state index contributed by atoms with van der Waals surface area (Å²) < 4.78 is 15.9. The molecule has 1 aliphatic carbocycles. The average Bonchev–Trinajstić information content (AvgIpc) is 3.81. The molecule has 46 heavy (non-hydrogen) atoms. The van der Waals surface area contributed by atoms with E-state index >= 15 is 0 Å². The van der Waals surface area contributed by atoms with Crippen LogP contribution in [-0.2, 0) is 38.4 Å². The molecule has 1 aliphatic heterocycles. The van der Waals surface area contributed by atoms with Gasteiger partial charge in [-0.2, -0.15) is 9.28 Å². The molecule has 2 aromatic carbocycles. The van der Waals surface area contributed by atoms with Crippen LogP contribution in [0.25, 0.3) is 6.08 Å². The molecule has 0 bridgehead atoms. The Morgan fingerprint density at radius 2 is 1.85 bits per heavy atom. The smallest absolute Gasteiger partial charge is 0.444 e. The highest BCUT2D eigenvalue weighted by Crippen LogP contribution is 2.43. The number of allylic oxidation sites excluding steroid dienone is 1. The first kappa shape index (κ1) is 35.5. The summed E-state index contributed by atoms with van der Waals surface area (Å²) in [7, 11) is 4.93. The molecular formula is C36H49ClN3O6+. The van der Waals surface area contributed by atoms with E-state index in [4.69, 9.17) is 25.8 Å². The third kappa shape index (κ3) is 8.30. The number of rotatable bonds is 13. The first-order valence-corrected chi connectivity index (χ1v) is 16.5. The normalized spacial score (nSPS) is 18.0. The Balaban J connectivity index is 1.66. The van der Waals surface area contributed by atoms with Gasteiger partial charge in [-0.25, -0.2) is 4.79 Å². The van der Waals surface area contributed by atoms with Crippen molar-refractivity contribution in [3.8, 4) is 0 Å². The van der Waals surface area contributed by atoms with Crippen molar-refractivity contribution in [1.82, 2.24) is 14.7 Å². The van der Waals surface area contributed by atoms with E-state index in [2.05, 4.69) is 11.4 Å². The van der Waals surface area contributed by atoms with E-state index in [-0.39, 0.29) is 29.1 Å². The molecule has 0 radical (unpaired) electrons. The molecule has 0 saturated heterocycles. The highest BCUT2D eigenvalue weighted by atomic mass is 35.5. The van der Waals surface area contributed by atoms with E-state index in [9.17, 15) is 14.4 Å². The van der Waals surface area contributed by atoms with E-state index in [1.807, 2.05) is 55.3 Å². The number of carbonyl (C=O) groups is 3. The minimum absolute atomic E-state index is 0.0556. The number of hydrogen-bond acceptors (Lipinski definition) is 6. The van der Waals surface area contributed by atoms with Crippen molar-refractivity contribution in [2.75, 3.05) is 34.4 Å². The topological polar surface area (TPSA) is 94.2 Å². The molecule has 2 atom stereocenters. The molecule has 0 spiro atoms. The number of halogens is 1. The maximum atomic E-state index is 14.5. The second kappa shape index (κ2) is 15.0. The Morgan fingerprint density at radius 1 is 1.11 bits per heavy atom. The minimum atomic E-state index is -0.674. The van der Waals surface area contributed by atoms with Crippen molar-refractivity contribution in [2.45, 2.75) is 84.4 Å². The van der Waals surface area contributed by atoms with Gasteiger partial charge in [0.05, 0.1) is 20.1 Å². The number of nitrogens with zero attached hydrogens (tertiary/aromatic N) is 2. The number of amides is 3. The predicted octanol–water partition coefficient (Wildman–Crippen LogP) is 7.26. The summed E-state index contributed by atoms with van der Waals surface area (Å²) in [6.07, 6.45) is 5.70. The third-order valence-corrected chi connectivity index (χ3v) is 9.05. The molecule has 0 aromatic heterocycles. The number of benzene rings is 2. The fraction of sp³-hybridized carbons (Fsp3) is 0.528. The van der Waals surface area contributed by atoms with Gasteiger partial charge in [-0.15, -0.1) is 0 Å². The number of fused-ring (bicyclic) bond motifs is 1. The molecular weight excluding hydrogens is 606 g/mol. The Labute approximate surface area is 278 Å². The van der Waals surface area contributed by atoms with Crippen molar-refractivity contribution in [1.29, 1.82) is 0 Å². The molecule has 1 fully saturated rings. The van der Waals surface area contributed by atoms with Crippen LogP contribution in [0.3, 0.4) is 0 Å². The van der Waals surface area contributed by atoms with Crippen LogP contribution >= 0.6 is 11.6 Å². The Morgan fingerprint density at radius 3 is 2.48 bits per heavy atom. The van der Waals surface area contributed by atoms with Crippen LogP contribution in [0, 0.1) is 5.92 Å². The number of nitrogens with one attached hydrogen (secondary N) is 1. The average molecular weight is 655 g/mol. The standard InChI is InChI=1S/C36H48ClN3O6/c1-8-29-21-30-25(12-9-13-32(30)40(29,5)35(43)45-7)20-26(22-38-34(42)46-36(2,3)4)33(41)39(28-15-16-28)23-27-19-24(11-10-18-44-6)14-17-31(27)37/h9,12-14,17,19,21,26,28H,8,10-11,15-16,18,20,22-23H2,1-7H3/p+1. The highest BCUT2D eigenvalue weighted by molar-refractivity contribution is 6.31. The Kier molecular flexibility index (Phi) is 11.6. The van der Waals surface area contributed by atoms with E-state index in [1.54, 1.807) is 27.9 Å². The van der Waals surface area contributed by atoms with Gasteiger partial charge in [-0.1, -0.05) is 42.8 Å². The van der Waals surface area contributed by atoms with Crippen LogP contribution in [-0.4, -0.2) is 69.1 Å². The number of quaternary nitrogens is 1. The summed E-state index contributed by atoms with van der Waals surface area (Å²) in [5.41, 5.74) is 4.92. The molecule has 3 amide bonds. The fourth-order valence-corrected chi connectivity index (χ4v) is 6.33. The lowest BCUT2D eigenvalue weighted by Crippen LogP contribution is -2.48. The Bertz CT molecular complexity index is 1460. The summed E-state index contributed by atoms with van der Waals surface area (Å²) in [5, 5.41) is 3.48. The highest BCUT2D eigenvalue weighted by Gasteiger charge is 2.46. The number of hydrogen-bond donors (Lipinski definition) is 1. The molecule has 10 heteroatoms. The van der Waals surface area contributed by atoms with Crippen LogP contribution in [0.2, 0.25) is 5.02 Å². The number of ether oxygens (including phenoxy) is 3. The molecule has 2 aliphatic rings. The molecule has 4 rings (SSSR count). The van der Waals surface area contributed by atoms with Gasteiger partial charge >= 0.3 is 12.2 Å². The summed E-state index contributed by atoms with van der Waals surface area (Å²) in [4.78, 5) is 42.2. The Hall–Kier alpha value is -3.40. The zero-order chi connectivity index (χ0) is 33.6. The first-order valence-electron chi connectivity index (χ1n) is 16.1. The van der Waals surface area contributed by atoms with Crippen molar-refractivity contribution in [2.24, 2.45) is 5.92 Å². The van der Waals surface area contributed by atoms with E-state index in [0.29, 0.717) is 31.0 Å². The van der Waals surface area contributed by atoms with Crippen molar-refractivity contribution >= 4 is 41.5 Å². The lowest BCUT2D eigenvalue weighted by atomic mass is 9.93. The fourth-order valence-electron chi connectivity index (χ4n) is 6.15. The minimum Gasteiger partial charge on any atom is -0.444 e. The van der Waals surface area contributed by atoms with Crippen LogP contribution in [0.5, 0.6) is 0 Å². The quantitative estimate of drug-likeness (QED) is 0.180. The lowest BCUT2D eigenvalue weighted by molar-refractivity contribution is -0.136. The van der Waals surface area contributed by atoms with Gasteiger partial charge in [0.1, 0.15) is 11.3 Å². The lowest BCUT2D eigenvalue weighted by Gasteiger charge is -2.29. The summed E-state index contributed by atoms with van der Waals surface area (Å²) >= 11 is 6.68.